The monoisotopic (exact) mass is 241 g/mol. The molecule has 0 aromatic heterocycles. The van der Waals surface area contributed by atoms with E-state index in [0.717, 1.165) is 28.4 Å². The van der Waals surface area contributed by atoms with Crippen LogP contribution in [-0.2, 0) is 6.54 Å². The highest BCUT2D eigenvalue weighted by atomic mass is 35.5. The van der Waals surface area contributed by atoms with Gasteiger partial charge in [-0.2, -0.15) is 0 Å². The highest BCUT2D eigenvalue weighted by Gasteiger charge is 2.15. The molecule has 0 radical (unpaired) electrons. The number of rotatable bonds is 4. The molecular weight excluding hydrogens is 222 g/mol. The van der Waals surface area contributed by atoms with Crippen LogP contribution in [0.25, 0.3) is 0 Å². The Labute approximate surface area is 103 Å². The average Bonchev–Trinajstić information content (AvgIpc) is 2.19. The van der Waals surface area contributed by atoms with Crippen molar-refractivity contribution in [3.63, 3.8) is 0 Å². The van der Waals surface area contributed by atoms with Gasteiger partial charge in [-0.3, -0.25) is 0 Å². The summed E-state index contributed by atoms with van der Waals surface area (Å²) < 4.78 is 5.35. The third kappa shape index (κ3) is 2.89. The lowest BCUT2D eigenvalue weighted by Crippen LogP contribution is -2.12. The molecule has 3 heteroatoms. The molecule has 0 aliphatic heterocycles. The number of hydrogen-bond donors (Lipinski definition) is 0. The van der Waals surface area contributed by atoms with Crippen LogP contribution < -0.4 is 4.74 Å². The van der Waals surface area contributed by atoms with E-state index in [1.807, 2.05) is 26.2 Å². The van der Waals surface area contributed by atoms with Crippen molar-refractivity contribution < 1.29 is 4.74 Å². The van der Waals surface area contributed by atoms with Crippen molar-refractivity contribution in [1.82, 2.24) is 4.90 Å². The lowest BCUT2D eigenvalue weighted by atomic mass is 9.99. The Bertz CT molecular complexity index is 361. The minimum Gasteiger partial charge on any atom is -0.496 e. The van der Waals surface area contributed by atoms with Crippen LogP contribution in [0.5, 0.6) is 5.75 Å². The van der Waals surface area contributed by atoms with E-state index in [9.17, 15) is 0 Å². The van der Waals surface area contributed by atoms with Crippen LogP contribution in [-0.4, -0.2) is 26.1 Å². The van der Waals surface area contributed by atoms with E-state index in [0.29, 0.717) is 5.92 Å². The van der Waals surface area contributed by atoms with Gasteiger partial charge in [0.2, 0.25) is 0 Å². The maximum atomic E-state index is 6.43. The molecule has 90 valence electrons. The first kappa shape index (κ1) is 13.3. The molecule has 0 aliphatic rings. The van der Waals surface area contributed by atoms with Gasteiger partial charge in [-0.1, -0.05) is 31.5 Å². The molecule has 0 saturated heterocycles. The number of methoxy groups -OCH3 is 1. The molecule has 0 unspecified atom stereocenters. The molecule has 2 nitrogen and oxygen atoms in total. The quantitative estimate of drug-likeness (QED) is 0.800. The molecule has 1 rings (SSSR count). The van der Waals surface area contributed by atoms with Crippen molar-refractivity contribution in [1.29, 1.82) is 0 Å². The SMILES string of the molecule is COc1ccc(CN(C)C)c(Cl)c1C(C)C. The molecule has 0 saturated carbocycles. The number of halogens is 1. The summed E-state index contributed by atoms with van der Waals surface area (Å²) in [6.45, 7) is 5.11. The Kier molecular flexibility index (Phi) is 4.63. The number of ether oxygens (including phenoxy) is 1. The second-order valence-corrected chi connectivity index (χ2v) is 4.93. The van der Waals surface area contributed by atoms with Gasteiger partial charge in [0.25, 0.3) is 0 Å². The molecule has 0 heterocycles. The van der Waals surface area contributed by atoms with Crippen LogP contribution in [0.3, 0.4) is 0 Å². The number of hydrogen-bond acceptors (Lipinski definition) is 2. The minimum atomic E-state index is 0.365. The van der Waals surface area contributed by atoms with Crippen molar-refractivity contribution in [2.75, 3.05) is 21.2 Å². The van der Waals surface area contributed by atoms with Gasteiger partial charge in [-0.05, 0) is 31.6 Å². The first-order chi connectivity index (χ1) is 7.47. The van der Waals surface area contributed by atoms with Gasteiger partial charge in [-0.25, -0.2) is 0 Å². The highest BCUT2D eigenvalue weighted by molar-refractivity contribution is 6.32. The van der Waals surface area contributed by atoms with E-state index in [1.165, 1.54) is 0 Å². The Morgan fingerprint density at radius 2 is 1.94 bits per heavy atom. The standard InChI is InChI=1S/C13H20ClNO/c1-9(2)12-11(16-5)7-6-10(13(12)14)8-15(3)4/h6-7,9H,8H2,1-5H3. The summed E-state index contributed by atoms with van der Waals surface area (Å²) in [5.74, 6) is 1.24. The van der Waals surface area contributed by atoms with Crippen molar-refractivity contribution in [2.24, 2.45) is 0 Å². The van der Waals surface area contributed by atoms with Crippen LogP contribution in [0.15, 0.2) is 12.1 Å². The Morgan fingerprint density at radius 3 is 2.38 bits per heavy atom. The van der Waals surface area contributed by atoms with Gasteiger partial charge in [0.1, 0.15) is 5.75 Å². The zero-order chi connectivity index (χ0) is 12.3. The van der Waals surface area contributed by atoms with E-state index >= 15 is 0 Å². The fourth-order valence-corrected chi connectivity index (χ4v) is 2.23. The number of nitrogens with zero attached hydrogens (tertiary/aromatic N) is 1. The molecule has 0 spiro atoms. The molecule has 0 N–H and O–H groups in total. The van der Waals surface area contributed by atoms with Crippen molar-refractivity contribution >= 4 is 11.6 Å². The molecule has 0 fully saturated rings. The van der Waals surface area contributed by atoms with E-state index in [-0.39, 0.29) is 0 Å². The highest BCUT2D eigenvalue weighted by Crippen LogP contribution is 2.35. The zero-order valence-electron chi connectivity index (χ0n) is 10.7. The lowest BCUT2D eigenvalue weighted by Gasteiger charge is -2.18. The van der Waals surface area contributed by atoms with Crippen molar-refractivity contribution in [2.45, 2.75) is 26.3 Å². The lowest BCUT2D eigenvalue weighted by molar-refractivity contribution is 0.397. The molecule has 0 atom stereocenters. The molecule has 0 amide bonds. The molecule has 0 aliphatic carbocycles. The first-order valence-electron chi connectivity index (χ1n) is 5.47. The summed E-state index contributed by atoms with van der Waals surface area (Å²) in [4.78, 5) is 2.11. The Hall–Kier alpha value is -0.730. The second-order valence-electron chi connectivity index (χ2n) is 4.55. The predicted octanol–water partition coefficient (Wildman–Crippen LogP) is 3.53. The average molecular weight is 242 g/mol. The fourth-order valence-electron chi connectivity index (χ4n) is 1.80. The first-order valence-corrected chi connectivity index (χ1v) is 5.85. The van der Waals surface area contributed by atoms with E-state index < -0.39 is 0 Å². The van der Waals surface area contributed by atoms with Gasteiger partial charge in [-0.15, -0.1) is 0 Å². The summed E-state index contributed by atoms with van der Waals surface area (Å²) >= 11 is 6.43. The number of benzene rings is 1. The van der Waals surface area contributed by atoms with Crippen molar-refractivity contribution in [3.05, 3.63) is 28.3 Å². The second kappa shape index (κ2) is 5.55. The summed E-state index contributed by atoms with van der Waals surface area (Å²) in [5.41, 5.74) is 2.25. The largest absolute Gasteiger partial charge is 0.496 e. The summed E-state index contributed by atoms with van der Waals surface area (Å²) in [5, 5.41) is 0.836. The molecule has 16 heavy (non-hydrogen) atoms. The molecule has 1 aromatic rings. The van der Waals surface area contributed by atoms with Gasteiger partial charge >= 0.3 is 0 Å². The van der Waals surface area contributed by atoms with E-state index in [1.54, 1.807) is 7.11 Å². The Morgan fingerprint density at radius 1 is 1.31 bits per heavy atom. The topological polar surface area (TPSA) is 12.5 Å². The molecular formula is C13H20ClNO. The van der Waals surface area contributed by atoms with Crippen LogP contribution in [0.2, 0.25) is 5.02 Å². The van der Waals surface area contributed by atoms with Crippen LogP contribution in [0, 0.1) is 0 Å². The smallest absolute Gasteiger partial charge is 0.123 e. The maximum Gasteiger partial charge on any atom is 0.123 e. The molecule has 1 aromatic carbocycles. The van der Waals surface area contributed by atoms with Crippen molar-refractivity contribution in [3.8, 4) is 5.75 Å². The molecule has 0 bridgehead atoms. The van der Waals surface area contributed by atoms with Gasteiger partial charge in [0, 0.05) is 12.1 Å². The van der Waals surface area contributed by atoms with Gasteiger partial charge < -0.3 is 9.64 Å². The van der Waals surface area contributed by atoms with Gasteiger partial charge in [0.15, 0.2) is 0 Å². The maximum absolute atomic E-state index is 6.43. The summed E-state index contributed by atoms with van der Waals surface area (Å²) in [6, 6.07) is 4.03. The minimum absolute atomic E-state index is 0.365. The van der Waals surface area contributed by atoms with E-state index in [2.05, 4.69) is 18.7 Å². The zero-order valence-corrected chi connectivity index (χ0v) is 11.4. The normalized spacial score (nSPS) is 11.2. The van der Waals surface area contributed by atoms with Crippen LogP contribution >= 0.6 is 11.6 Å². The Balaban J connectivity index is 3.21. The third-order valence-electron chi connectivity index (χ3n) is 2.50. The van der Waals surface area contributed by atoms with Crippen LogP contribution in [0.4, 0.5) is 0 Å². The summed E-state index contributed by atoms with van der Waals surface area (Å²) in [7, 11) is 5.76. The van der Waals surface area contributed by atoms with Crippen LogP contribution in [0.1, 0.15) is 30.9 Å². The fraction of sp³-hybridized carbons (Fsp3) is 0.538. The predicted molar refractivity (Wildman–Crippen MR) is 69.5 cm³/mol. The third-order valence-corrected chi connectivity index (χ3v) is 2.95. The summed E-state index contributed by atoms with van der Waals surface area (Å²) in [6.07, 6.45) is 0. The van der Waals surface area contributed by atoms with Gasteiger partial charge in [0.05, 0.1) is 12.1 Å². The van der Waals surface area contributed by atoms with E-state index in [4.69, 9.17) is 16.3 Å².